The Morgan fingerprint density at radius 3 is 2.19 bits per heavy atom. The van der Waals surface area contributed by atoms with Gasteiger partial charge in [0.25, 0.3) is 0 Å². The predicted molar refractivity (Wildman–Crippen MR) is 146 cm³/mol. The Balaban J connectivity index is 1.58. The number of ether oxygens (including phenoxy) is 2. The molecule has 0 radical (unpaired) electrons. The van der Waals surface area contributed by atoms with Gasteiger partial charge in [-0.15, -0.1) is 0 Å². The number of benzene rings is 2. The SMILES string of the molecule is COc1ccc(CN2C(=S)N[C@H](c3ccccn3)[C@H]2c2cc(C)n(-c3ccc(OC)cc3)c2C)cc1. The number of nitrogens with one attached hydrogen (secondary N) is 1. The molecule has 7 heteroatoms. The van der Waals surface area contributed by atoms with Crippen molar-refractivity contribution in [2.45, 2.75) is 32.5 Å². The molecule has 184 valence electrons. The van der Waals surface area contributed by atoms with Gasteiger partial charge in [-0.05, 0) is 91.8 Å². The first-order valence-corrected chi connectivity index (χ1v) is 12.3. The van der Waals surface area contributed by atoms with Crippen LogP contribution in [0.25, 0.3) is 5.69 Å². The summed E-state index contributed by atoms with van der Waals surface area (Å²) in [5.41, 5.74) is 6.79. The molecule has 3 heterocycles. The number of methoxy groups -OCH3 is 2. The number of aryl methyl sites for hydroxylation is 1. The quantitative estimate of drug-likeness (QED) is 0.331. The highest BCUT2D eigenvalue weighted by Gasteiger charge is 2.41. The van der Waals surface area contributed by atoms with Gasteiger partial charge in [0, 0.05) is 29.8 Å². The zero-order chi connectivity index (χ0) is 25.2. The van der Waals surface area contributed by atoms with E-state index < -0.39 is 0 Å². The lowest BCUT2D eigenvalue weighted by Crippen LogP contribution is -2.29. The second kappa shape index (κ2) is 10.0. The van der Waals surface area contributed by atoms with Crippen molar-refractivity contribution in [1.29, 1.82) is 0 Å². The van der Waals surface area contributed by atoms with Crippen molar-refractivity contribution in [2.75, 3.05) is 14.2 Å². The molecule has 6 nitrogen and oxygen atoms in total. The lowest BCUT2D eigenvalue weighted by molar-refractivity contribution is 0.310. The number of hydrogen-bond acceptors (Lipinski definition) is 4. The van der Waals surface area contributed by atoms with Gasteiger partial charge in [-0.2, -0.15) is 0 Å². The molecule has 36 heavy (non-hydrogen) atoms. The highest BCUT2D eigenvalue weighted by Crippen LogP contribution is 2.42. The van der Waals surface area contributed by atoms with E-state index in [0.717, 1.165) is 39.3 Å². The monoisotopic (exact) mass is 498 g/mol. The summed E-state index contributed by atoms with van der Waals surface area (Å²) in [6.45, 7) is 5.00. The maximum absolute atomic E-state index is 5.89. The van der Waals surface area contributed by atoms with Gasteiger partial charge in [0.15, 0.2) is 5.11 Å². The molecule has 0 saturated carbocycles. The van der Waals surface area contributed by atoms with E-state index in [1.165, 1.54) is 11.3 Å². The van der Waals surface area contributed by atoms with E-state index in [9.17, 15) is 0 Å². The fraction of sp³-hybridized carbons (Fsp3) is 0.241. The van der Waals surface area contributed by atoms with Gasteiger partial charge in [0.2, 0.25) is 0 Å². The standard InChI is InChI=1S/C29H30N4O2S/c1-19-17-25(20(2)33(19)22-10-14-24(35-4)15-11-22)28-27(26-7-5-6-16-30-26)31-29(36)32(28)18-21-8-12-23(34-3)13-9-21/h5-17,27-28H,18H2,1-4H3,(H,31,36)/t27-,28-/m1/s1. The van der Waals surface area contributed by atoms with Crippen molar-refractivity contribution in [3.63, 3.8) is 0 Å². The number of aromatic nitrogens is 2. The summed E-state index contributed by atoms with van der Waals surface area (Å²) in [6, 6.07) is 24.5. The van der Waals surface area contributed by atoms with Crippen molar-refractivity contribution in [1.82, 2.24) is 19.8 Å². The Morgan fingerprint density at radius 1 is 0.917 bits per heavy atom. The first kappa shape index (κ1) is 23.9. The highest BCUT2D eigenvalue weighted by atomic mass is 32.1. The van der Waals surface area contributed by atoms with Crippen molar-refractivity contribution in [2.24, 2.45) is 0 Å². The smallest absolute Gasteiger partial charge is 0.170 e. The highest BCUT2D eigenvalue weighted by molar-refractivity contribution is 7.80. The van der Waals surface area contributed by atoms with Crippen LogP contribution in [-0.4, -0.2) is 33.8 Å². The first-order chi connectivity index (χ1) is 17.5. The fourth-order valence-electron chi connectivity index (χ4n) is 5.06. The molecule has 5 rings (SSSR count). The average molecular weight is 499 g/mol. The van der Waals surface area contributed by atoms with E-state index in [2.05, 4.69) is 70.0 Å². The Kier molecular flexibility index (Phi) is 6.65. The first-order valence-electron chi connectivity index (χ1n) is 11.9. The Bertz CT molecular complexity index is 1350. The van der Waals surface area contributed by atoms with Gasteiger partial charge in [0.1, 0.15) is 11.5 Å². The van der Waals surface area contributed by atoms with E-state index in [4.69, 9.17) is 21.7 Å². The molecule has 0 spiro atoms. The lowest BCUT2D eigenvalue weighted by Gasteiger charge is -2.28. The molecule has 1 fully saturated rings. The summed E-state index contributed by atoms with van der Waals surface area (Å²) in [4.78, 5) is 6.96. The third-order valence-corrected chi connectivity index (χ3v) is 7.18. The van der Waals surface area contributed by atoms with Gasteiger partial charge < -0.3 is 24.3 Å². The molecule has 1 N–H and O–H groups in total. The van der Waals surface area contributed by atoms with Crippen molar-refractivity contribution in [3.8, 4) is 17.2 Å². The Hall–Kier alpha value is -3.84. The van der Waals surface area contributed by atoms with Crippen LogP contribution in [0.3, 0.4) is 0 Å². The van der Waals surface area contributed by atoms with Gasteiger partial charge in [0.05, 0.1) is 32.0 Å². The van der Waals surface area contributed by atoms with Crippen molar-refractivity contribution in [3.05, 3.63) is 107 Å². The van der Waals surface area contributed by atoms with Crippen molar-refractivity contribution >= 4 is 17.3 Å². The minimum absolute atomic E-state index is 0.0206. The molecule has 0 aliphatic carbocycles. The summed E-state index contributed by atoms with van der Waals surface area (Å²) in [5.74, 6) is 1.68. The number of pyridine rings is 1. The van der Waals surface area contributed by atoms with Gasteiger partial charge in [-0.25, -0.2) is 0 Å². The van der Waals surface area contributed by atoms with Crippen LogP contribution in [0.5, 0.6) is 11.5 Å². The molecular formula is C29H30N4O2S. The molecule has 0 bridgehead atoms. The summed E-state index contributed by atoms with van der Waals surface area (Å²) in [5, 5.41) is 4.29. The largest absolute Gasteiger partial charge is 0.497 e. The minimum atomic E-state index is -0.0678. The van der Waals surface area contributed by atoms with E-state index in [-0.39, 0.29) is 12.1 Å². The van der Waals surface area contributed by atoms with Crippen LogP contribution >= 0.6 is 12.2 Å². The van der Waals surface area contributed by atoms with Crippen LogP contribution in [0.2, 0.25) is 0 Å². The van der Waals surface area contributed by atoms with Crippen LogP contribution in [0.15, 0.2) is 79.0 Å². The van der Waals surface area contributed by atoms with E-state index in [0.29, 0.717) is 6.54 Å². The van der Waals surface area contributed by atoms with Crippen LogP contribution in [0, 0.1) is 13.8 Å². The number of rotatable bonds is 7. The zero-order valence-corrected chi connectivity index (χ0v) is 21.8. The third-order valence-electron chi connectivity index (χ3n) is 6.83. The van der Waals surface area contributed by atoms with Crippen LogP contribution < -0.4 is 14.8 Å². The van der Waals surface area contributed by atoms with Gasteiger partial charge in [-0.3, -0.25) is 4.98 Å². The molecule has 2 aromatic carbocycles. The molecule has 0 amide bonds. The Morgan fingerprint density at radius 2 is 1.58 bits per heavy atom. The molecule has 1 aliphatic heterocycles. The van der Waals surface area contributed by atoms with Crippen LogP contribution in [0.1, 0.15) is 40.3 Å². The number of thiocarbonyl (C=S) groups is 1. The molecular weight excluding hydrogens is 468 g/mol. The normalized spacial score (nSPS) is 17.2. The van der Waals surface area contributed by atoms with E-state index >= 15 is 0 Å². The maximum atomic E-state index is 5.89. The number of nitrogens with zero attached hydrogens (tertiary/aromatic N) is 3. The minimum Gasteiger partial charge on any atom is -0.497 e. The summed E-state index contributed by atoms with van der Waals surface area (Å²) < 4.78 is 13.0. The summed E-state index contributed by atoms with van der Waals surface area (Å²) >= 11 is 5.89. The Labute approximate surface area is 217 Å². The van der Waals surface area contributed by atoms with Gasteiger partial charge >= 0.3 is 0 Å². The fourth-order valence-corrected chi connectivity index (χ4v) is 5.36. The van der Waals surface area contributed by atoms with E-state index in [1.54, 1.807) is 14.2 Å². The second-order valence-corrected chi connectivity index (χ2v) is 9.35. The molecule has 2 aromatic heterocycles. The summed E-state index contributed by atoms with van der Waals surface area (Å²) in [6.07, 6.45) is 1.84. The topological polar surface area (TPSA) is 51.5 Å². The lowest BCUT2D eigenvalue weighted by atomic mass is 9.96. The zero-order valence-electron chi connectivity index (χ0n) is 20.9. The molecule has 0 unspecified atom stereocenters. The number of hydrogen-bond donors (Lipinski definition) is 1. The van der Waals surface area contributed by atoms with Crippen LogP contribution in [0.4, 0.5) is 0 Å². The van der Waals surface area contributed by atoms with Crippen LogP contribution in [-0.2, 0) is 6.54 Å². The maximum Gasteiger partial charge on any atom is 0.170 e. The molecule has 2 atom stereocenters. The van der Waals surface area contributed by atoms with E-state index in [1.807, 2.05) is 42.6 Å². The molecule has 4 aromatic rings. The average Bonchev–Trinajstić information content (AvgIpc) is 3.39. The molecule has 1 saturated heterocycles. The third kappa shape index (κ3) is 4.42. The predicted octanol–water partition coefficient (Wildman–Crippen LogP) is 5.68. The van der Waals surface area contributed by atoms with Gasteiger partial charge in [-0.1, -0.05) is 18.2 Å². The second-order valence-electron chi connectivity index (χ2n) is 8.96. The molecule has 1 aliphatic rings. The van der Waals surface area contributed by atoms with Crippen molar-refractivity contribution < 1.29 is 9.47 Å². The summed E-state index contributed by atoms with van der Waals surface area (Å²) in [7, 11) is 3.37.